The van der Waals surface area contributed by atoms with Crippen molar-refractivity contribution < 1.29 is 4.74 Å². The lowest BCUT2D eigenvalue weighted by Crippen LogP contribution is -2.16. The Morgan fingerprint density at radius 3 is 2.70 bits per heavy atom. The number of ether oxygens (including phenoxy) is 1. The first kappa shape index (κ1) is 15.0. The number of aryl methyl sites for hydroxylation is 2. The van der Waals surface area contributed by atoms with Crippen LogP contribution in [0.3, 0.4) is 0 Å². The van der Waals surface area contributed by atoms with Crippen LogP contribution in [0.4, 0.5) is 0 Å². The summed E-state index contributed by atoms with van der Waals surface area (Å²) in [6, 6.07) is 7.90. The van der Waals surface area contributed by atoms with Crippen molar-refractivity contribution in [3.63, 3.8) is 0 Å². The first-order valence-corrected chi connectivity index (χ1v) is 7.31. The maximum absolute atomic E-state index is 6.31. The molecule has 0 radical (unpaired) electrons. The third-order valence-corrected chi connectivity index (χ3v) is 4.07. The second kappa shape index (κ2) is 6.37. The minimum Gasteiger partial charge on any atom is -0.497 e. The molecule has 1 heterocycles. The second-order valence-electron chi connectivity index (χ2n) is 4.98. The third kappa shape index (κ3) is 3.38. The average molecular weight is 335 g/mol. The van der Waals surface area contributed by atoms with Gasteiger partial charge < -0.3 is 10.5 Å². The van der Waals surface area contributed by atoms with Gasteiger partial charge in [-0.05, 0) is 55.2 Å². The average Bonchev–Trinajstić information content (AvgIpc) is 2.41. The zero-order valence-electron chi connectivity index (χ0n) is 12.0. The molecule has 1 aromatic carbocycles. The summed E-state index contributed by atoms with van der Waals surface area (Å²) in [6.45, 7) is 4.09. The highest BCUT2D eigenvalue weighted by Gasteiger charge is 2.14. The quantitative estimate of drug-likeness (QED) is 0.927. The van der Waals surface area contributed by atoms with Gasteiger partial charge in [-0.2, -0.15) is 0 Å². The molecule has 0 bridgehead atoms. The van der Waals surface area contributed by atoms with E-state index in [4.69, 9.17) is 10.5 Å². The molecular weight excluding hydrogens is 316 g/mol. The summed E-state index contributed by atoms with van der Waals surface area (Å²) >= 11 is 3.56. The fourth-order valence-electron chi connectivity index (χ4n) is 2.28. The number of hydrogen-bond acceptors (Lipinski definition) is 3. The molecule has 0 aliphatic carbocycles. The summed E-state index contributed by atoms with van der Waals surface area (Å²) < 4.78 is 6.30. The summed E-state index contributed by atoms with van der Waals surface area (Å²) in [4.78, 5) is 4.47. The molecule has 2 aromatic rings. The van der Waals surface area contributed by atoms with Crippen LogP contribution < -0.4 is 10.5 Å². The predicted octanol–water partition coefficient (Wildman–Crippen LogP) is 3.71. The van der Waals surface area contributed by atoms with Crippen LogP contribution in [-0.4, -0.2) is 12.1 Å². The van der Waals surface area contributed by atoms with Gasteiger partial charge in [0, 0.05) is 10.7 Å². The Kier molecular flexibility index (Phi) is 4.78. The predicted molar refractivity (Wildman–Crippen MR) is 85.0 cm³/mol. The summed E-state index contributed by atoms with van der Waals surface area (Å²) in [5.41, 5.74) is 10.7. The van der Waals surface area contributed by atoms with Gasteiger partial charge in [-0.1, -0.05) is 22.0 Å². The largest absolute Gasteiger partial charge is 0.497 e. The fraction of sp³-hybridized carbons (Fsp3) is 0.312. The van der Waals surface area contributed by atoms with Crippen molar-refractivity contribution in [1.29, 1.82) is 0 Å². The Morgan fingerprint density at radius 2 is 2.05 bits per heavy atom. The second-order valence-corrected chi connectivity index (χ2v) is 5.84. The molecule has 106 valence electrons. The van der Waals surface area contributed by atoms with Gasteiger partial charge in [-0.15, -0.1) is 0 Å². The van der Waals surface area contributed by atoms with E-state index >= 15 is 0 Å². The van der Waals surface area contributed by atoms with Crippen molar-refractivity contribution in [3.05, 3.63) is 57.3 Å². The van der Waals surface area contributed by atoms with Crippen LogP contribution in [0.25, 0.3) is 0 Å². The summed E-state index contributed by atoms with van der Waals surface area (Å²) in [5.74, 6) is 0.837. The SMILES string of the molecule is COc1ccc(Br)c(CC(N)c2ncc(C)cc2C)c1. The highest BCUT2D eigenvalue weighted by Crippen LogP contribution is 2.27. The normalized spacial score (nSPS) is 12.2. The summed E-state index contributed by atoms with van der Waals surface area (Å²) in [5, 5.41) is 0. The number of pyridine rings is 1. The van der Waals surface area contributed by atoms with Gasteiger partial charge in [0.2, 0.25) is 0 Å². The first-order valence-electron chi connectivity index (χ1n) is 6.52. The zero-order chi connectivity index (χ0) is 14.7. The van der Waals surface area contributed by atoms with Gasteiger partial charge in [0.05, 0.1) is 18.8 Å². The van der Waals surface area contributed by atoms with Crippen molar-refractivity contribution in [3.8, 4) is 5.75 Å². The molecule has 0 saturated carbocycles. The monoisotopic (exact) mass is 334 g/mol. The Balaban J connectivity index is 2.25. The molecule has 3 nitrogen and oxygen atoms in total. The number of methoxy groups -OCH3 is 1. The van der Waals surface area contributed by atoms with Gasteiger partial charge in [-0.25, -0.2) is 0 Å². The molecule has 0 aliphatic rings. The van der Waals surface area contributed by atoms with Crippen molar-refractivity contribution >= 4 is 15.9 Å². The molecule has 0 amide bonds. The molecule has 0 saturated heterocycles. The molecule has 1 unspecified atom stereocenters. The number of hydrogen-bond donors (Lipinski definition) is 1. The van der Waals surface area contributed by atoms with Crippen molar-refractivity contribution in [2.24, 2.45) is 5.73 Å². The van der Waals surface area contributed by atoms with Crippen LogP contribution >= 0.6 is 15.9 Å². The number of nitrogens with two attached hydrogens (primary N) is 1. The maximum atomic E-state index is 6.31. The standard InChI is InChI=1S/C16H19BrN2O/c1-10-6-11(2)16(19-9-10)15(18)8-12-7-13(20-3)4-5-14(12)17/h4-7,9,15H,8,18H2,1-3H3. The van der Waals surface area contributed by atoms with Crippen LogP contribution in [0.2, 0.25) is 0 Å². The molecule has 20 heavy (non-hydrogen) atoms. The van der Waals surface area contributed by atoms with E-state index in [9.17, 15) is 0 Å². The molecule has 1 atom stereocenters. The summed E-state index contributed by atoms with van der Waals surface area (Å²) in [6.07, 6.45) is 2.58. The van der Waals surface area contributed by atoms with Gasteiger partial charge in [-0.3, -0.25) is 4.98 Å². The van der Waals surface area contributed by atoms with Gasteiger partial charge in [0.25, 0.3) is 0 Å². The Bertz CT molecular complexity index is 613. The minimum absolute atomic E-state index is 0.126. The third-order valence-electron chi connectivity index (χ3n) is 3.30. The van der Waals surface area contributed by atoms with E-state index in [2.05, 4.69) is 33.9 Å². The van der Waals surface area contributed by atoms with Crippen molar-refractivity contribution in [2.45, 2.75) is 26.3 Å². The van der Waals surface area contributed by atoms with E-state index < -0.39 is 0 Å². The number of rotatable bonds is 4. The highest BCUT2D eigenvalue weighted by molar-refractivity contribution is 9.10. The smallest absolute Gasteiger partial charge is 0.119 e. The van der Waals surface area contributed by atoms with Gasteiger partial charge >= 0.3 is 0 Å². The fourth-order valence-corrected chi connectivity index (χ4v) is 2.69. The van der Waals surface area contributed by atoms with E-state index in [0.29, 0.717) is 6.42 Å². The molecular formula is C16H19BrN2O. The Hall–Kier alpha value is -1.39. The Morgan fingerprint density at radius 1 is 1.30 bits per heavy atom. The van der Waals surface area contributed by atoms with Gasteiger partial charge in [0.1, 0.15) is 5.75 Å². The van der Waals surface area contributed by atoms with Crippen LogP contribution in [0, 0.1) is 13.8 Å². The lowest BCUT2D eigenvalue weighted by molar-refractivity contribution is 0.414. The Labute approximate surface area is 128 Å². The van der Waals surface area contributed by atoms with E-state index in [0.717, 1.165) is 32.6 Å². The molecule has 2 rings (SSSR count). The number of benzene rings is 1. The zero-order valence-corrected chi connectivity index (χ0v) is 13.6. The first-order chi connectivity index (χ1) is 9.51. The summed E-state index contributed by atoms with van der Waals surface area (Å²) in [7, 11) is 1.67. The highest BCUT2D eigenvalue weighted by atomic mass is 79.9. The lowest BCUT2D eigenvalue weighted by Gasteiger charge is -2.15. The molecule has 1 aromatic heterocycles. The van der Waals surface area contributed by atoms with Gasteiger partial charge in [0.15, 0.2) is 0 Å². The van der Waals surface area contributed by atoms with E-state index in [-0.39, 0.29) is 6.04 Å². The van der Waals surface area contributed by atoms with Crippen molar-refractivity contribution in [1.82, 2.24) is 4.98 Å². The molecule has 0 spiro atoms. The van der Waals surface area contributed by atoms with Crippen LogP contribution in [-0.2, 0) is 6.42 Å². The van der Waals surface area contributed by atoms with Crippen LogP contribution in [0.1, 0.15) is 28.4 Å². The number of nitrogens with zero attached hydrogens (tertiary/aromatic N) is 1. The number of aromatic nitrogens is 1. The number of halogens is 1. The molecule has 0 aliphatic heterocycles. The van der Waals surface area contributed by atoms with E-state index in [1.165, 1.54) is 0 Å². The van der Waals surface area contributed by atoms with E-state index in [1.807, 2.05) is 31.3 Å². The molecule has 0 fully saturated rings. The van der Waals surface area contributed by atoms with Crippen LogP contribution in [0.5, 0.6) is 5.75 Å². The molecule has 2 N–H and O–H groups in total. The van der Waals surface area contributed by atoms with Crippen LogP contribution in [0.15, 0.2) is 34.9 Å². The van der Waals surface area contributed by atoms with Crippen molar-refractivity contribution in [2.75, 3.05) is 7.11 Å². The lowest BCUT2D eigenvalue weighted by atomic mass is 10.00. The topological polar surface area (TPSA) is 48.1 Å². The maximum Gasteiger partial charge on any atom is 0.119 e. The molecule has 4 heteroatoms. The minimum atomic E-state index is -0.126. The van der Waals surface area contributed by atoms with E-state index in [1.54, 1.807) is 7.11 Å².